The van der Waals surface area contributed by atoms with Crippen LogP contribution in [0, 0.1) is 18.3 Å². The summed E-state index contributed by atoms with van der Waals surface area (Å²) in [6.45, 7) is 6.01. The van der Waals surface area contributed by atoms with Gasteiger partial charge < -0.3 is 15.5 Å². The van der Waals surface area contributed by atoms with Gasteiger partial charge in [0.1, 0.15) is 5.82 Å². The number of hydrogen-bond acceptors (Lipinski definition) is 7. The average Bonchev–Trinajstić information content (AvgIpc) is 3.59. The van der Waals surface area contributed by atoms with Gasteiger partial charge in [-0.1, -0.05) is 6.42 Å². The first-order chi connectivity index (χ1) is 16.8. The summed E-state index contributed by atoms with van der Waals surface area (Å²) in [5.74, 6) is 1.23. The molecule has 3 heterocycles. The molecule has 35 heavy (non-hydrogen) atoms. The lowest BCUT2D eigenvalue weighted by molar-refractivity contribution is 0.102. The van der Waals surface area contributed by atoms with E-state index in [1.165, 1.54) is 12.8 Å². The molecule has 3 N–H and O–H groups in total. The van der Waals surface area contributed by atoms with E-state index in [-0.39, 0.29) is 11.7 Å². The van der Waals surface area contributed by atoms with Crippen LogP contribution in [-0.2, 0) is 10.0 Å². The van der Waals surface area contributed by atoms with E-state index in [0.717, 1.165) is 56.7 Å². The van der Waals surface area contributed by atoms with E-state index >= 15 is 0 Å². The summed E-state index contributed by atoms with van der Waals surface area (Å²) in [6.07, 6.45) is 6.96. The molecule has 1 aromatic heterocycles. The minimum Gasteiger partial charge on any atom is -0.371 e. The first-order valence-electron chi connectivity index (χ1n) is 12.6. The summed E-state index contributed by atoms with van der Waals surface area (Å²) >= 11 is 0. The summed E-state index contributed by atoms with van der Waals surface area (Å²) in [5.41, 5.74) is 2.95. The highest BCUT2D eigenvalue weighted by Gasteiger charge is 2.51. The van der Waals surface area contributed by atoms with Gasteiger partial charge in [-0.2, -0.15) is 4.98 Å². The molecule has 2 fully saturated rings. The largest absolute Gasteiger partial charge is 0.371 e. The lowest BCUT2D eigenvalue weighted by Crippen LogP contribution is -2.42. The Bertz CT molecular complexity index is 1230. The van der Waals surface area contributed by atoms with Crippen molar-refractivity contribution in [3.8, 4) is 0 Å². The molecular formula is C25H34N6O3S. The zero-order valence-electron chi connectivity index (χ0n) is 20.4. The fourth-order valence-corrected chi connectivity index (χ4v) is 6.09. The summed E-state index contributed by atoms with van der Waals surface area (Å²) in [4.78, 5) is 24.7. The Morgan fingerprint density at radius 2 is 2.00 bits per heavy atom. The van der Waals surface area contributed by atoms with Crippen molar-refractivity contribution in [2.24, 2.45) is 11.3 Å². The molecule has 2 aliphatic heterocycles. The maximum Gasteiger partial charge on any atom is 0.258 e. The van der Waals surface area contributed by atoms with Crippen LogP contribution in [0.2, 0.25) is 0 Å². The van der Waals surface area contributed by atoms with Gasteiger partial charge in [-0.3, -0.25) is 9.52 Å². The number of rotatable bonds is 3. The van der Waals surface area contributed by atoms with Crippen LogP contribution in [0.1, 0.15) is 61.5 Å². The molecular weight excluding hydrogens is 464 g/mol. The maximum atomic E-state index is 13.5. The highest BCUT2D eigenvalue weighted by Crippen LogP contribution is 2.58. The molecule has 1 amide bonds. The molecule has 1 aliphatic carbocycles. The third kappa shape index (κ3) is 5.22. The van der Waals surface area contributed by atoms with Gasteiger partial charge in [0.05, 0.1) is 22.7 Å². The van der Waals surface area contributed by atoms with Crippen LogP contribution in [0.25, 0.3) is 0 Å². The van der Waals surface area contributed by atoms with Crippen LogP contribution in [0.15, 0.2) is 24.3 Å². The third-order valence-corrected chi connectivity index (χ3v) is 8.98. The number of carbonyl (C=O) groups excluding carboxylic acids is 1. The number of carbonyl (C=O) groups is 1. The van der Waals surface area contributed by atoms with E-state index in [4.69, 9.17) is 0 Å². The number of benzene rings is 1. The van der Waals surface area contributed by atoms with Gasteiger partial charge in [0.15, 0.2) is 0 Å². The predicted octanol–water partition coefficient (Wildman–Crippen LogP) is 4.00. The number of sulfonamides is 1. The van der Waals surface area contributed by atoms with E-state index in [1.54, 1.807) is 31.2 Å². The Labute approximate surface area is 207 Å². The monoisotopic (exact) mass is 498 g/mol. The van der Waals surface area contributed by atoms with Crippen molar-refractivity contribution >= 4 is 39.1 Å². The summed E-state index contributed by atoms with van der Waals surface area (Å²) < 4.78 is 27.1. The second-order valence-electron chi connectivity index (χ2n) is 10.1. The zero-order chi connectivity index (χ0) is 24.6. The molecule has 0 radical (unpaired) electrons. The fourth-order valence-electron chi connectivity index (χ4n) is 5.46. The fraction of sp³-hybridized carbons (Fsp3) is 0.560. The average molecular weight is 499 g/mol. The van der Waals surface area contributed by atoms with Gasteiger partial charge >= 0.3 is 0 Å². The molecule has 1 saturated carbocycles. The SMILES string of the molecule is CCS(=O)(=O)Nc1ccc2c(c1)N1CCC3(CC3)C(CCCCNc3nc(C)cc(n3)NC2=O)C1. The van der Waals surface area contributed by atoms with Gasteiger partial charge in [-0.15, -0.1) is 0 Å². The molecule has 1 aromatic carbocycles. The smallest absolute Gasteiger partial charge is 0.258 e. The molecule has 1 atom stereocenters. The normalized spacial score (nSPS) is 21.7. The number of fused-ring (bicyclic) bond motifs is 7. The molecule has 1 unspecified atom stereocenters. The number of piperidine rings is 1. The molecule has 1 saturated heterocycles. The molecule has 10 heteroatoms. The summed E-state index contributed by atoms with van der Waals surface area (Å²) in [7, 11) is -3.43. The Kier molecular flexibility index (Phi) is 6.33. The van der Waals surface area contributed by atoms with Gasteiger partial charge in [-0.25, -0.2) is 13.4 Å². The number of nitrogens with zero attached hydrogens (tertiary/aromatic N) is 3. The maximum absolute atomic E-state index is 13.5. The van der Waals surface area contributed by atoms with Crippen LogP contribution in [0.3, 0.4) is 0 Å². The number of amides is 1. The van der Waals surface area contributed by atoms with E-state index in [2.05, 4.69) is 30.2 Å². The van der Waals surface area contributed by atoms with Crippen molar-refractivity contribution in [3.63, 3.8) is 0 Å². The number of hydrogen-bond donors (Lipinski definition) is 3. The van der Waals surface area contributed by atoms with Gasteiger partial charge in [-0.05, 0) is 75.5 Å². The molecule has 5 rings (SSSR count). The molecule has 2 aromatic rings. The van der Waals surface area contributed by atoms with Crippen molar-refractivity contribution in [1.82, 2.24) is 9.97 Å². The topological polar surface area (TPSA) is 116 Å². The Balaban J connectivity index is 1.54. The van der Waals surface area contributed by atoms with Crippen LogP contribution < -0.4 is 20.3 Å². The van der Waals surface area contributed by atoms with Crippen LogP contribution in [0.5, 0.6) is 0 Å². The van der Waals surface area contributed by atoms with Crippen molar-refractivity contribution in [2.45, 2.75) is 52.4 Å². The Morgan fingerprint density at radius 3 is 2.77 bits per heavy atom. The van der Waals surface area contributed by atoms with Crippen molar-refractivity contribution in [2.75, 3.05) is 45.6 Å². The Morgan fingerprint density at radius 1 is 1.17 bits per heavy atom. The van der Waals surface area contributed by atoms with E-state index in [0.29, 0.717) is 34.3 Å². The van der Waals surface area contributed by atoms with Gasteiger partial charge in [0.2, 0.25) is 16.0 Å². The van der Waals surface area contributed by atoms with Gasteiger partial charge in [0.25, 0.3) is 5.91 Å². The van der Waals surface area contributed by atoms with E-state index < -0.39 is 10.0 Å². The van der Waals surface area contributed by atoms with Crippen molar-refractivity contribution < 1.29 is 13.2 Å². The lowest BCUT2D eigenvalue weighted by atomic mass is 9.79. The standard InChI is InChI=1S/C25H34N6O3S/c1-3-35(33,34)30-19-7-8-20-21(15-19)31-13-11-25(9-10-25)18(16-31)6-4-5-12-26-24-27-17(2)14-22(29-24)28-23(20)32/h7-8,14-15,18,30H,3-6,9-13,16H2,1-2H3,(H2,26,27,28,29,32). The number of aryl methyl sites for hydroxylation is 1. The first kappa shape index (κ1) is 23.8. The molecule has 9 nitrogen and oxygen atoms in total. The second-order valence-corrected chi connectivity index (χ2v) is 12.1. The van der Waals surface area contributed by atoms with Crippen LogP contribution in [-0.4, -0.2) is 49.7 Å². The summed E-state index contributed by atoms with van der Waals surface area (Å²) in [6, 6.07) is 6.92. The highest BCUT2D eigenvalue weighted by atomic mass is 32.2. The van der Waals surface area contributed by atoms with E-state index in [1.807, 2.05) is 6.92 Å². The van der Waals surface area contributed by atoms with E-state index in [9.17, 15) is 13.2 Å². The molecule has 188 valence electrons. The quantitative estimate of drug-likeness (QED) is 0.586. The van der Waals surface area contributed by atoms with Crippen molar-refractivity contribution in [3.05, 3.63) is 35.5 Å². The van der Waals surface area contributed by atoms with Crippen LogP contribution >= 0.6 is 0 Å². The Hall–Kier alpha value is -2.88. The minimum atomic E-state index is -3.43. The minimum absolute atomic E-state index is 0.0116. The number of aromatic nitrogens is 2. The molecule has 1 spiro atoms. The molecule has 3 aliphatic rings. The van der Waals surface area contributed by atoms with Crippen molar-refractivity contribution in [1.29, 1.82) is 0 Å². The number of anilines is 4. The zero-order valence-corrected chi connectivity index (χ0v) is 21.2. The first-order valence-corrected chi connectivity index (χ1v) is 14.2. The highest BCUT2D eigenvalue weighted by molar-refractivity contribution is 7.92. The molecule has 4 bridgehead atoms. The number of nitrogens with one attached hydrogen (secondary N) is 3. The lowest BCUT2D eigenvalue weighted by Gasteiger charge is -2.41. The van der Waals surface area contributed by atoms with Gasteiger partial charge in [0, 0.05) is 31.4 Å². The second kappa shape index (κ2) is 9.29. The predicted molar refractivity (Wildman–Crippen MR) is 139 cm³/mol. The third-order valence-electron chi connectivity index (χ3n) is 7.67. The van der Waals surface area contributed by atoms with Crippen LogP contribution in [0.4, 0.5) is 23.1 Å². The summed E-state index contributed by atoms with van der Waals surface area (Å²) in [5, 5.41) is 6.24.